The number of halogens is 2. The van der Waals surface area contributed by atoms with Gasteiger partial charge in [-0.15, -0.1) is 4.68 Å². The van der Waals surface area contributed by atoms with Crippen LogP contribution in [0, 0.1) is 0 Å². The molecule has 0 fully saturated rings. The Bertz CT molecular complexity index is 1630. The monoisotopic (exact) mass is 462 g/mol. The number of aromatic amines is 1. The number of hydrogen-bond donors (Lipinski definition) is 1. The molecule has 5 aromatic rings. The number of hydrogen-bond acceptors (Lipinski definition) is 3. The van der Waals surface area contributed by atoms with E-state index < -0.39 is 11.2 Å². The molecule has 0 aliphatic carbocycles. The van der Waals surface area contributed by atoms with Gasteiger partial charge in [0.25, 0.3) is 5.56 Å². The van der Waals surface area contributed by atoms with Crippen molar-refractivity contribution in [2.75, 3.05) is 0 Å². The standard InChI is InChI=1S/C24H16Cl2N4O2/c25-19-10-9-15(11-20(19)26)13-29-14-16(17-5-2-4-8-22(17)29)12-27-30-23(31)18-6-1-3-7-21(18)28-24(30)32/h1-12,14H,13H2,(H,28,32). The molecule has 8 heteroatoms. The van der Waals surface area contributed by atoms with Crippen LogP contribution in [0.4, 0.5) is 0 Å². The zero-order valence-electron chi connectivity index (χ0n) is 16.6. The van der Waals surface area contributed by atoms with Gasteiger partial charge in [-0.2, -0.15) is 5.10 Å². The van der Waals surface area contributed by atoms with Crippen molar-refractivity contribution in [2.45, 2.75) is 6.54 Å². The summed E-state index contributed by atoms with van der Waals surface area (Å²) in [5.41, 5.74) is 2.17. The highest BCUT2D eigenvalue weighted by Crippen LogP contribution is 2.25. The van der Waals surface area contributed by atoms with Crippen LogP contribution in [-0.4, -0.2) is 20.4 Å². The first-order valence-corrected chi connectivity index (χ1v) is 10.6. The highest BCUT2D eigenvalue weighted by atomic mass is 35.5. The number of H-pyrrole nitrogens is 1. The number of benzene rings is 3. The van der Waals surface area contributed by atoms with Crippen LogP contribution in [0.3, 0.4) is 0 Å². The van der Waals surface area contributed by atoms with Gasteiger partial charge < -0.3 is 9.55 Å². The molecule has 0 atom stereocenters. The van der Waals surface area contributed by atoms with Gasteiger partial charge in [0.1, 0.15) is 0 Å². The Balaban J connectivity index is 1.58. The minimum atomic E-state index is -0.593. The van der Waals surface area contributed by atoms with Gasteiger partial charge in [-0.05, 0) is 35.9 Å². The Labute approximate surface area is 192 Å². The van der Waals surface area contributed by atoms with Crippen molar-refractivity contribution in [1.82, 2.24) is 14.2 Å². The smallest absolute Gasteiger partial charge is 0.342 e. The van der Waals surface area contributed by atoms with Crippen molar-refractivity contribution in [3.63, 3.8) is 0 Å². The Morgan fingerprint density at radius 2 is 1.66 bits per heavy atom. The quantitative estimate of drug-likeness (QED) is 0.386. The number of para-hydroxylation sites is 2. The summed E-state index contributed by atoms with van der Waals surface area (Å²) in [6, 6.07) is 20.2. The van der Waals surface area contributed by atoms with Crippen molar-refractivity contribution < 1.29 is 0 Å². The van der Waals surface area contributed by atoms with E-state index in [0.717, 1.165) is 26.7 Å². The molecule has 2 heterocycles. The van der Waals surface area contributed by atoms with Crippen LogP contribution in [0.2, 0.25) is 10.0 Å². The Kier molecular flexibility index (Phi) is 5.17. The van der Waals surface area contributed by atoms with Gasteiger partial charge in [-0.1, -0.05) is 59.6 Å². The second-order valence-electron chi connectivity index (χ2n) is 7.32. The molecule has 32 heavy (non-hydrogen) atoms. The van der Waals surface area contributed by atoms with Gasteiger partial charge in [0, 0.05) is 29.2 Å². The summed E-state index contributed by atoms with van der Waals surface area (Å²) >= 11 is 12.2. The summed E-state index contributed by atoms with van der Waals surface area (Å²) in [6.07, 6.45) is 3.45. The van der Waals surface area contributed by atoms with E-state index in [0.29, 0.717) is 27.5 Å². The second kappa shape index (κ2) is 8.15. The molecule has 3 aromatic carbocycles. The highest BCUT2D eigenvalue weighted by molar-refractivity contribution is 6.42. The van der Waals surface area contributed by atoms with E-state index in [-0.39, 0.29) is 0 Å². The molecule has 0 amide bonds. The molecule has 0 saturated heterocycles. The van der Waals surface area contributed by atoms with E-state index in [1.165, 1.54) is 6.21 Å². The molecular weight excluding hydrogens is 447 g/mol. The third kappa shape index (κ3) is 3.64. The lowest BCUT2D eigenvalue weighted by atomic mass is 10.2. The van der Waals surface area contributed by atoms with Crippen LogP contribution in [0.25, 0.3) is 21.8 Å². The van der Waals surface area contributed by atoms with Crippen LogP contribution < -0.4 is 11.2 Å². The van der Waals surface area contributed by atoms with Gasteiger partial charge in [0.2, 0.25) is 0 Å². The molecule has 0 saturated carbocycles. The molecule has 0 spiro atoms. The number of nitrogens with one attached hydrogen (secondary N) is 1. The lowest BCUT2D eigenvalue weighted by molar-refractivity contribution is 0.771. The van der Waals surface area contributed by atoms with E-state index in [1.807, 2.05) is 42.6 Å². The molecule has 6 nitrogen and oxygen atoms in total. The number of aromatic nitrogens is 3. The highest BCUT2D eigenvalue weighted by Gasteiger charge is 2.10. The van der Waals surface area contributed by atoms with E-state index in [4.69, 9.17) is 23.2 Å². The van der Waals surface area contributed by atoms with Crippen molar-refractivity contribution in [3.8, 4) is 0 Å². The molecule has 0 bridgehead atoms. The van der Waals surface area contributed by atoms with Crippen LogP contribution in [0.15, 0.2) is 87.6 Å². The maximum absolute atomic E-state index is 12.7. The summed E-state index contributed by atoms with van der Waals surface area (Å²) in [4.78, 5) is 27.8. The van der Waals surface area contributed by atoms with Gasteiger partial charge in [0.15, 0.2) is 0 Å². The Hall–Kier alpha value is -3.61. The molecular formula is C24H16Cl2N4O2. The fourth-order valence-electron chi connectivity index (χ4n) is 3.72. The SMILES string of the molecule is O=c1[nH]c2ccccc2c(=O)n1N=Cc1cn(Cc2ccc(Cl)c(Cl)c2)c2ccccc12. The second-order valence-corrected chi connectivity index (χ2v) is 8.13. The lowest BCUT2D eigenvalue weighted by Gasteiger charge is -2.06. The Morgan fingerprint density at radius 3 is 2.47 bits per heavy atom. The van der Waals surface area contributed by atoms with Crippen molar-refractivity contribution in [3.05, 3.63) is 115 Å². The zero-order chi connectivity index (χ0) is 22.2. The first-order chi connectivity index (χ1) is 15.5. The molecule has 5 rings (SSSR count). The molecule has 0 aliphatic heterocycles. The molecule has 158 valence electrons. The van der Waals surface area contributed by atoms with Crippen LogP contribution in [0.5, 0.6) is 0 Å². The summed E-state index contributed by atoms with van der Waals surface area (Å²) < 4.78 is 2.90. The van der Waals surface area contributed by atoms with E-state index in [2.05, 4.69) is 14.7 Å². The minimum absolute atomic E-state index is 0.395. The first-order valence-electron chi connectivity index (χ1n) is 9.81. The van der Waals surface area contributed by atoms with E-state index >= 15 is 0 Å². The maximum atomic E-state index is 12.7. The number of nitrogens with zero attached hydrogens (tertiary/aromatic N) is 3. The predicted octanol–water partition coefficient (Wildman–Crippen LogP) is 4.88. The molecule has 2 aromatic heterocycles. The largest absolute Gasteiger partial charge is 0.349 e. The Morgan fingerprint density at radius 1 is 0.906 bits per heavy atom. The van der Waals surface area contributed by atoms with Crippen LogP contribution >= 0.6 is 23.2 Å². The summed E-state index contributed by atoms with van der Waals surface area (Å²) in [7, 11) is 0. The molecule has 1 N–H and O–H groups in total. The predicted molar refractivity (Wildman–Crippen MR) is 129 cm³/mol. The number of fused-ring (bicyclic) bond motifs is 2. The normalized spacial score (nSPS) is 11.7. The summed E-state index contributed by atoms with van der Waals surface area (Å²) in [5.74, 6) is 0. The van der Waals surface area contributed by atoms with Gasteiger partial charge >= 0.3 is 5.69 Å². The lowest BCUT2D eigenvalue weighted by Crippen LogP contribution is -2.32. The fourth-order valence-corrected chi connectivity index (χ4v) is 4.04. The maximum Gasteiger partial charge on any atom is 0.349 e. The van der Waals surface area contributed by atoms with Gasteiger partial charge in [0.05, 0.1) is 27.2 Å². The molecule has 0 unspecified atom stereocenters. The van der Waals surface area contributed by atoms with E-state index in [9.17, 15) is 9.59 Å². The zero-order valence-corrected chi connectivity index (χ0v) is 18.1. The first kappa shape index (κ1) is 20.3. The average Bonchev–Trinajstić information content (AvgIpc) is 3.14. The van der Waals surface area contributed by atoms with Crippen molar-refractivity contribution in [1.29, 1.82) is 0 Å². The van der Waals surface area contributed by atoms with Gasteiger partial charge in [-0.3, -0.25) is 4.79 Å². The van der Waals surface area contributed by atoms with Crippen LogP contribution in [0.1, 0.15) is 11.1 Å². The third-order valence-electron chi connectivity index (χ3n) is 5.25. The number of rotatable bonds is 4. The minimum Gasteiger partial charge on any atom is -0.342 e. The van der Waals surface area contributed by atoms with Crippen LogP contribution in [-0.2, 0) is 6.54 Å². The average molecular weight is 463 g/mol. The van der Waals surface area contributed by atoms with E-state index in [1.54, 1.807) is 30.3 Å². The topological polar surface area (TPSA) is 72.2 Å². The summed E-state index contributed by atoms with van der Waals surface area (Å²) in [6.45, 7) is 0.571. The molecule has 0 aliphatic rings. The van der Waals surface area contributed by atoms with Crippen molar-refractivity contribution >= 4 is 51.2 Å². The molecule has 0 radical (unpaired) electrons. The summed E-state index contributed by atoms with van der Waals surface area (Å²) in [5, 5.41) is 6.55. The van der Waals surface area contributed by atoms with Crippen molar-refractivity contribution in [2.24, 2.45) is 5.10 Å². The van der Waals surface area contributed by atoms with Gasteiger partial charge in [-0.25, -0.2) is 4.79 Å². The fraction of sp³-hybridized carbons (Fsp3) is 0.0417. The third-order valence-corrected chi connectivity index (χ3v) is 5.99.